The zero-order valence-corrected chi connectivity index (χ0v) is 8.01. The molecule has 0 aromatic carbocycles. The van der Waals surface area contributed by atoms with Crippen LogP contribution in [0.15, 0.2) is 11.6 Å². The van der Waals surface area contributed by atoms with E-state index < -0.39 is 5.60 Å². The molecule has 0 amide bonds. The monoisotopic (exact) mass is 158 g/mol. The molecule has 11 heavy (non-hydrogen) atoms. The van der Waals surface area contributed by atoms with Gasteiger partial charge in [0.2, 0.25) is 0 Å². The number of allylic oxidation sites excluding steroid dienone is 1. The molecule has 0 aliphatic heterocycles. The molecule has 2 atom stereocenters. The topological polar surface area (TPSA) is 29.5 Å². The van der Waals surface area contributed by atoms with Gasteiger partial charge in [0.05, 0.1) is 6.10 Å². The van der Waals surface area contributed by atoms with E-state index in [2.05, 4.69) is 0 Å². The zero-order chi connectivity index (χ0) is 9.07. The molecule has 2 nitrogen and oxygen atoms in total. The minimum atomic E-state index is -0.854. The third-order valence-corrected chi connectivity index (χ3v) is 1.76. The summed E-state index contributed by atoms with van der Waals surface area (Å²) in [5.41, 5.74) is 0.243. The van der Waals surface area contributed by atoms with Gasteiger partial charge in [-0.2, -0.15) is 0 Å². The van der Waals surface area contributed by atoms with Crippen LogP contribution in [0.1, 0.15) is 27.7 Å². The van der Waals surface area contributed by atoms with Crippen LogP contribution in [0.2, 0.25) is 0 Å². The summed E-state index contributed by atoms with van der Waals surface area (Å²) < 4.78 is 5.02. The van der Waals surface area contributed by atoms with E-state index in [4.69, 9.17) is 4.74 Å². The van der Waals surface area contributed by atoms with E-state index in [9.17, 15) is 5.11 Å². The molecule has 0 rings (SSSR count). The van der Waals surface area contributed by atoms with Gasteiger partial charge < -0.3 is 9.84 Å². The zero-order valence-electron chi connectivity index (χ0n) is 8.01. The molecule has 0 aliphatic rings. The molecular formula is C9H18O2. The van der Waals surface area contributed by atoms with E-state index in [-0.39, 0.29) is 6.10 Å². The molecule has 0 bridgehead atoms. The summed E-state index contributed by atoms with van der Waals surface area (Å²) in [6.07, 6.45) is 1.64. The normalized spacial score (nSPS) is 18.7. The minimum absolute atomic E-state index is 0.169. The Morgan fingerprint density at radius 3 is 2.27 bits per heavy atom. The highest BCUT2D eigenvalue weighted by Crippen LogP contribution is 2.15. The summed E-state index contributed by atoms with van der Waals surface area (Å²) in [5.74, 6) is 0. The molecule has 0 saturated carbocycles. The van der Waals surface area contributed by atoms with E-state index in [1.54, 1.807) is 20.1 Å². The number of hydrogen-bond acceptors (Lipinski definition) is 2. The Bertz CT molecular complexity index is 144. The number of hydrogen-bond donors (Lipinski definition) is 1. The van der Waals surface area contributed by atoms with Crippen molar-refractivity contribution in [2.24, 2.45) is 0 Å². The van der Waals surface area contributed by atoms with Crippen molar-refractivity contribution in [2.75, 3.05) is 7.11 Å². The van der Waals surface area contributed by atoms with E-state index >= 15 is 0 Å². The third-order valence-electron chi connectivity index (χ3n) is 1.76. The Balaban J connectivity index is 4.33. The SMILES string of the molecule is COC(C)C(C)(O)C=C(C)C. The van der Waals surface area contributed by atoms with Gasteiger partial charge in [0, 0.05) is 7.11 Å². The number of rotatable bonds is 3. The van der Waals surface area contributed by atoms with Crippen LogP contribution in [0.5, 0.6) is 0 Å². The van der Waals surface area contributed by atoms with Crippen molar-refractivity contribution in [3.63, 3.8) is 0 Å². The van der Waals surface area contributed by atoms with Gasteiger partial charge in [-0.15, -0.1) is 0 Å². The average molecular weight is 158 g/mol. The lowest BCUT2D eigenvalue weighted by Crippen LogP contribution is -2.36. The molecule has 0 heterocycles. The molecule has 0 aromatic heterocycles. The Hall–Kier alpha value is -0.340. The molecule has 1 N–H and O–H groups in total. The van der Waals surface area contributed by atoms with E-state index in [0.717, 1.165) is 5.57 Å². The van der Waals surface area contributed by atoms with Gasteiger partial charge in [-0.05, 0) is 27.7 Å². The number of ether oxygens (including phenoxy) is 1. The lowest BCUT2D eigenvalue weighted by molar-refractivity contribution is -0.0406. The van der Waals surface area contributed by atoms with Crippen molar-refractivity contribution in [2.45, 2.75) is 39.4 Å². The Kier molecular flexibility index (Phi) is 3.76. The molecule has 0 saturated heterocycles. The number of methoxy groups -OCH3 is 1. The summed E-state index contributed by atoms with van der Waals surface area (Å²) in [6, 6.07) is 0. The van der Waals surface area contributed by atoms with Crippen LogP contribution >= 0.6 is 0 Å². The van der Waals surface area contributed by atoms with Crippen LogP contribution < -0.4 is 0 Å². The largest absolute Gasteiger partial charge is 0.383 e. The first-order valence-corrected chi connectivity index (χ1v) is 3.81. The van der Waals surface area contributed by atoms with Crippen molar-refractivity contribution < 1.29 is 9.84 Å². The summed E-state index contributed by atoms with van der Waals surface area (Å²) in [6.45, 7) is 7.50. The second kappa shape index (κ2) is 3.88. The maximum absolute atomic E-state index is 9.75. The summed E-state index contributed by atoms with van der Waals surface area (Å²) in [4.78, 5) is 0. The van der Waals surface area contributed by atoms with Crippen LogP contribution in [-0.4, -0.2) is 23.9 Å². The van der Waals surface area contributed by atoms with Gasteiger partial charge in [0.15, 0.2) is 0 Å². The first-order chi connectivity index (χ1) is 4.90. The summed E-state index contributed by atoms with van der Waals surface area (Å²) in [7, 11) is 1.60. The first kappa shape index (κ1) is 10.7. The molecule has 0 fully saturated rings. The highest BCUT2D eigenvalue weighted by Gasteiger charge is 2.24. The molecule has 0 aromatic rings. The average Bonchev–Trinajstić information content (AvgIpc) is 1.83. The number of aliphatic hydroxyl groups is 1. The van der Waals surface area contributed by atoms with Gasteiger partial charge in [-0.3, -0.25) is 0 Å². The van der Waals surface area contributed by atoms with Crippen LogP contribution in [0, 0.1) is 0 Å². The molecule has 0 spiro atoms. The van der Waals surface area contributed by atoms with Gasteiger partial charge in [0.1, 0.15) is 5.60 Å². The second-order valence-corrected chi connectivity index (χ2v) is 3.33. The van der Waals surface area contributed by atoms with E-state index in [0.29, 0.717) is 0 Å². The van der Waals surface area contributed by atoms with Crippen LogP contribution in [0.25, 0.3) is 0 Å². The van der Waals surface area contributed by atoms with Crippen molar-refractivity contribution in [1.29, 1.82) is 0 Å². The molecule has 66 valence electrons. The molecular weight excluding hydrogens is 140 g/mol. The van der Waals surface area contributed by atoms with Crippen molar-refractivity contribution in [1.82, 2.24) is 0 Å². The maximum Gasteiger partial charge on any atom is 0.106 e. The highest BCUT2D eigenvalue weighted by atomic mass is 16.5. The quantitative estimate of drug-likeness (QED) is 0.634. The fourth-order valence-electron chi connectivity index (χ4n) is 0.940. The fraction of sp³-hybridized carbons (Fsp3) is 0.778. The van der Waals surface area contributed by atoms with Crippen molar-refractivity contribution >= 4 is 0 Å². The van der Waals surface area contributed by atoms with Crippen LogP contribution in [0.3, 0.4) is 0 Å². The predicted octanol–water partition coefficient (Wildman–Crippen LogP) is 1.74. The standard InChI is InChI=1S/C9H18O2/c1-7(2)6-9(4,10)8(3)11-5/h6,8,10H,1-5H3. The van der Waals surface area contributed by atoms with Crippen molar-refractivity contribution in [3.8, 4) is 0 Å². The van der Waals surface area contributed by atoms with Crippen LogP contribution in [-0.2, 0) is 4.74 Å². The van der Waals surface area contributed by atoms with Crippen molar-refractivity contribution in [3.05, 3.63) is 11.6 Å². The summed E-state index contributed by atoms with van der Waals surface area (Å²) >= 11 is 0. The van der Waals surface area contributed by atoms with Crippen LogP contribution in [0.4, 0.5) is 0 Å². The lowest BCUT2D eigenvalue weighted by Gasteiger charge is -2.26. The molecule has 0 radical (unpaired) electrons. The Morgan fingerprint density at radius 2 is 2.00 bits per heavy atom. The van der Waals surface area contributed by atoms with E-state index in [1.807, 2.05) is 20.8 Å². The highest BCUT2D eigenvalue weighted by molar-refractivity contribution is 5.07. The second-order valence-electron chi connectivity index (χ2n) is 3.33. The van der Waals surface area contributed by atoms with Gasteiger partial charge in [0.25, 0.3) is 0 Å². The Morgan fingerprint density at radius 1 is 1.55 bits per heavy atom. The summed E-state index contributed by atoms with van der Waals surface area (Å²) in [5, 5.41) is 9.75. The van der Waals surface area contributed by atoms with Gasteiger partial charge in [-0.25, -0.2) is 0 Å². The lowest BCUT2D eigenvalue weighted by atomic mass is 9.98. The molecule has 0 aliphatic carbocycles. The third kappa shape index (κ3) is 3.54. The molecule has 2 unspecified atom stereocenters. The molecule has 2 heteroatoms. The van der Waals surface area contributed by atoms with Gasteiger partial charge in [-0.1, -0.05) is 11.6 Å². The van der Waals surface area contributed by atoms with E-state index in [1.165, 1.54) is 0 Å². The minimum Gasteiger partial charge on any atom is -0.383 e. The Labute approximate surface area is 68.9 Å². The fourth-order valence-corrected chi connectivity index (χ4v) is 0.940. The first-order valence-electron chi connectivity index (χ1n) is 3.81. The van der Waals surface area contributed by atoms with Gasteiger partial charge >= 0.3 is 0 Å². The smallest absolute Gasteiger partial charge is 0.106 e. The predicted molar refractivity (Wildman–Crippen MR) is 46.5 cm³/mol. The maximum atomic E-state index is 9.75.